The molecule has 0 aliphatic carbocycles. The Kier molecular flexibility index (Phi) is 7.27. The van der Waals surface area contributed by atoms with E-state index in [1.807, 2.05) is 0 Å². The Balaban J connectivity index is 1.49. The quantitative estimate of drug-likeness (QED) is 0.313. The van der Waals surface area contributed by atoms with Gasteiger partial charge in [-0.05, 0) is 55.2 Å². The van der Waals surface area contributed by atoms with Crippen molar-refractivity contribution in [3.63, 3.8) is 0 Å². The lowest BCUT2D eigenvalue weighted by Gasteiger charge is -2.19. The maximum Gasteiger partial charge on any atom is 0.451 e. The van der Waals surface area contributed by atoms with Gasteiger partial charge in [-0.2, -0.15) is 13.2 Å². The van der Waals surface area contributed by atoms with Crippen LogP contribution in [0.1, 0.15) is 37.2 Å². The molecule has 8 nitrogen and oxygen atoms in total. The molecule has 0 spiro atoms. The first kappa shape index (κ1) is 26.3. The molecule has 3 heterocycles. The molecule has 1 atom stereocenters. The van der Waals surface area contributed by atoms with Crippen LogP contribution in [-0.2, 0) is 11.0 Å². The first-order valence-electron chi connectivity index (χ1n) is 12.3. The van der Waals surface area contributed by atoms with Crippen LogP contribution in [0.4, 0.5) is 23.4 Å². The van der Waals surface area contributed by atoms with Crippen LogP contribution in [0.2, 0.25) is 0 Å². The van der Waals surface area contributed by atoms with Crippen molar-refractivity contribution in [1.82, 2.24) is 24.8 Å². The standard InChI is InChI=1S/C27H24F4N6O2/c1-16(19-12-32-26(33-13-19)27(29,30)31)36-25-21-10-18(17-4-6-20(28)7-5-17)11-22(24(21)34-15-35-25)39-14-23(38)37-8-2-3-9-37/h4-7,10-13,15-16H,2-3,8-9,14H2,1H3,(H,34,35,36)/t16-/m1/s1. The van der Waals surface area contributed by atoms with Crippen LogP contribution in [0, 0.1) is 5.82 Å². The van der Waals surface area contributed by atoms with Crippen molar-refractivity contribution in [3.8, 4) is 16.9 Å². The van der Waals surface area contributed by atoms with E-state index in [1.165, 1.54) is 18.5 Å². The molecular formula is C27H24F4N6O2. The Morgan fingerprint density at radius 2 is 1.72 bits per heavy atom. The van der Waals surface area contributed by atoms with Gasteiger partial charge in [-0.25, -0.2) is 24.3 Å². The number of halogens is 4. The van der Waals surface area contributed by atoms with Crippen LogP contribution in [-0.4, -0.2) is 50.4 Å². The summed E-state index contributed by atoms with van der Waals surface area (Å²) in [7, 11) is 0. The normalized spacial score (nSPS) is 14.4. The van der Waals surface area contributed by atoms with Gasteiger partial charge < -0.3 is 15.0 Å². The SMILES string of the molecule is C[C@@H](Nc1ncnc2c(OCC(=O)N3CCCC3)cc(-c3ccc(F)cc3)cc12)c1cnc(C(F)(F)F)nc1. The maximum atomic E-state index is 13.6. The average molecular weight is 541 g/mol. The average Bonchev–Trinajstić information content (AvgIpc) is 3.47. The third-order valence-electron chi connectivity index (χ3n) is 6.47. The molecule has 1 saturated heterocycles. The van der Waals surface area contributed by atoms with Gasteiger partial charge in [-0.1, -0.05) is 12.1 Å². The topological polar surface area (TPSA) is 93.1 Å². The number of hydrogen-bond acceptors (Lipinski definition) is 7. The zero-order chi connectivity index (χ0) is 27.6. The number of alkyl halides is 3. The van der Waals surface area contributed by atoms with Crippen LogP contribution in [0.25, 0.3) is 22.0 Å². The summed E-state index contributed by atoms with van der Waals surface area (Å²) in [4.78, 5) is 30.0. The second-order valence-corrected chi connectivity index (χ2v) is 9.18. The van der Waals surface area contributed by atoms with E-state index in [4.69, 9.17) is 4.74 Å². The zero-order valence-electron chi connectivity index (χ0n) is 20.9. The summed E-state index contributed by atoms with van der Waals surface area (Å²) in [5, 5.41) is 3.73. The number of nitrogens with one attached hydrogen (secondary N) is 1. The lowest BCUT2D eigenvalue weighted by atomic mass is 10.0. The van der Waals surface area contributed by atoms with Gasteiger partial charge in [-0.15, -0.1) is 0 Å². The lowest BCUT2D eigenvalue weighted by molar-refractivity contribution is -0.145. The highest BCUT2D eigenvalue weighted by molar-refractivity contribution is 5.97. The van der Waals surface area contributed by atoms with Crippen molar-refractivity contribution in [3.05, 3.63) is 72.3 Å². The van der Waals surface area contributed by atoms with Gasteiger partial charge in [0, 0.05) is 36.4 Å². The third-order valence-corrected chi connectivity index (χ3v) is 6.47. The summed E-state index contributed by atoms with van der Waals surface area (Å²) >= 11 is 0. The van der Waals surface area contributed by atoms with Gasteiger partial charge in [0.05, 0.1) is 6.04 Å². The molecule has 1 aliphatic rings. The van der Waals surface area contributed by atoms with E-state index in [0.29, 0.717) is 52.3 Å². The van der Waals surface area contributed by atoms with E-state index in [2.05, 4.69) is 25.3 Å². The Morgan fingerprint density at radius 3 is 2.38 bits per heavy atom. The molecule has 1 aliphatic heterocycles. The number of amides is 1. The van der Waals surface area contributed by atoms with Crippen LogP contribution < -0.4 is 10.1 Å². The van der Waals surface area contributed by atoms with Gasteiger partial charge in [0.15, 0.2) is 6.61 Å². The molecule has 5 rings (SSSR count). The van der Waals surface area contributed by atoms with E-state index in [-0.39, 0.29) is 18.3 Å². The van der Waals surface area contributed by atoms with Gasteiger partial charge in [-0.3, -0.25) is 4.79 Å². The van der Waals surface area contributed by atoms with Crippen LogP contribution >= 0.6 is 0 Å². The molecule has 1 amide bonds. The van der Waals surface area contributed by atoms with E-state index in [1.54, 1.807) is 36.1 Å². The number of benzene rings is 2. The summed E-state index contributed by atoms with van der Waals surface area (Å²) < 4.78 is 58.1. The minimum atomic E-state index is -4.64. The molecule has 1 fully saturated rings. The van der Waals surface area contributed by atoms with Crippen molar-refractivity contribution in [2.45, 2.75) is 32.0 Å². The molecule has 0 unspecified atom stereocenters. The highest BCUT2D eigenvalue weighted by Gasteiger charge is 2.34. The fraction of sp³-hybridized carbons (Fsp3) is 0.296. The second-order valence-electron chi connectivity index (χ2n) is 9.18. The number of rotatable bonds is 7. The number of hydrogen-bond donors (Lipinski definition) is 1. The monoisotopic (exact) mass is 540 g/mol. The lowest BCUT2D eigenvalue weighted by Crippen LogP contribution is -2.32. The number of nitrogens with zero attached hydrogens (tertiary/aromatic N) is 5. The molecule has 1 N–H and O–H groups in total. The fourth-order valence-corrected chi connectivity index (χ4v) is 4.36. The van der Waals surface area contributed by atoms with Crippen LogP contribution in [0.15, 0.2) is 55.1 Å². The molecule has 0 bridgehead atoms. The number of aromatic nitrogens is 4. The predicted octanol–water partition coefficient (Wildman–Crippen LogP) is 5.42. The predicted molar refractivity (Wildman–Crippen MR) is 135 cm³/mol. The molecule has 0 radical (unpaired) electrons. The molecule has 4 aromatic rings. The largest absolute Gasteiger partial charge is 0.481 e. The number of carbonyl (C=O) groups is 1. The van der Waals surface area contributed by atoms with Gasteiger partial charge in [0.25, 0.3) is 5.91 Å². The van der Waals surface area contributed by atoms with E-state index in [9.17, 15) is 22.4 Å². The molecule has 2 aromatic carbocycles. The zero-order valence-corrected chi connectivity index (χ0v) is 20.9. The van der Waals surface area contributed by atoms with E-state index in [0.717, 1.165) is 25.2 Å². The minimum absolute atomic E-state index is 0.129. The van der Waals surface area contributed by atoms with Crippen molar-refractivity contribution >= 4 is 22.6 Å². The van der Waals surface area contributed by atoms with Crippen LogP contribution in [0.3, 0.4) is 0 Å². The highest BCUT2D eigenvalue weighted by Crippen LogP contribution is 2.35. The van der Waals surface area contributed by atoms with Gasteiger partial charge in [0.1, 0.15) is 29.2 Å². The van der Waals surface area contributed by atoms with Gasteiger partial charge in [0.2, 0.25) is 5.82 Å². The number of carbonyl (C=O) groups excluding carboxylic acids is 1. The Bertz CT molecular complexity index is 1470. The van der Waals surface area contributed by atoms with Crippen molar-refractivity contribution in [2.24, 2.45) is 0 Å². The minimum Gasteiger partial charge on any atom is -0.481 e. The smallest absolute Gasteiger partial charge is 0.451 e. The summed E-state index contributed by atoms with van der Waals surface area (Å²) in [6, 6.07) is 8.94. The first-order chi connectivity index (χ1) is 18.7. The Labute approximate surface area is 221 Å². The number of ether oxygens (including phenoxy) is 1. The molecule has 0 saturated carbocycles. The maximum absolute atomic E-state index is 13.6. The highest BCUT2D eigenvalue weighted by atomic mass is 19.4. The third kappa shape index (κ3) is 5.89. The molecule has 202 valence electrons. The van der Waals surface area contributed by atoms with Crippen molar-refractivity contribution in [1.29, 1.82) is 0 Å². The van der Waals surface area contributed by atoms with Gasteiger partial charge >= 0.3 is 6.18 Å². The molecule has 12 heteroatoms. The summed E-state index contributed by atoms with van der Waals surface area (Å²) in [5.41, 5.74) is 2.23. The van der Waals surface area contributed by atoms with Crippen molar-refractivity contribution < 1.29 is 27.1 Å². The fourth-order valence-electron chi connectivity index (χ4n) is 4.36. The summed E-state index contributed by atoms with van der Waals surface area (Å²) in [5.74, 6) is -1.01. The Hall–Kier alpha value is -4.35. The molecule has 2 aromatic heterocycles. The first-order valence-corrected chi connectivity index (χ1v) is 12.3. The second kappa shape index (κ2) is 10.8. The molecule has 39 heavy (non-hydrogen) atoms. The Morgan fingerprint density at radius 1 is 1.03 bits per heavy atom. The number of anilines is 1. The molecular weight excluding hydrogens is 516 g/mol. The van der Waals surface area contributed by atoms with Crippen LogP contribution in [0.5, 0.6) is 5.75 Å². The van der Waals surface area contributed by atoms with E-state index >= 15 is 0 Å². The van der Waals surface area contributed by atoms with E-state index < -0.39 is 18.0 Å². The van der Waals surface area contributed by atoms with Crippen molar-refractivity contribution in [2.75, 3.05) is 25.0 Å². The summed E-state index contributed by atoms with van der Waals surface area (Å²) in [6.45, 7) is 2.95. The summed E-state index contributed by atoms with van der Waals surface area (Å²) in [6.07, 6.45) is 0.825. The number of fused-ring (bicyclic) bond motifs is 1. The number of likely N-dealkylation sites (tertiary alicyclic amines) is 1.